The molecule has 0 aromatic heterocycles. The lowest BCUT2D eigenvalue weighted by Gasteiger charge is -2.21. The van der Waals surface area contributed by atoms with Gasteiger partial charge in [-0.1, -0.05) is 41.9 Å². The van der Waals surface area contributed by atoms with E-state index in [1.165, 1.54) is 11.1 Å². The first kappa shape index (κ1) is 13.5. The Balaban J connectivity index is 1.78. The summed E-state index contributed by atoms with van der Waals surface area (Å²) in [5.74, 6) is 1.01. The molecule has 20 heavy (non-hydrogen) atoms. The zero-order valence-electron chi connectivity index (χ0n) is 11.6. The highest BCUT2D eigenvalue weighted by atomic mass is 35.5. The molecule has 0 N–H and O–H groups in total. The molecule has 0 bridgehead atoms. The standard InChI is InChI=1S/C17H18ClNO/c1-13-10-19(11-14-6-8-16(18)9-7-14)12-15-4-2-3-5-17(15)20-13/h2-9,13H,10-12H2,1H3/t13-/m1/s1. The Morgan fingerprint density at radius 2 is 1.90 bits per heavy atom. The van der Waals surface area contributed by atoms with E-state index in [0.717, 1.165) is 30.4 Å². The van der Waals surface area contributed by atoms with Crippen LogP contribution in [0.1, 0.15) is 18.1 Å². The van der Waals surface area contributed by atoms with Gasteiger partial charge in [0.15, 0.2) is 0 Å². The minimum absolute atomic E-state index is 0.200. The highest BCUT2D eigenvalue weighted by molar-refractivity contribution is 6.30. The normalized spacial score (nSPS) is 19.0. The van der Waals surface area contributed by atoms with Gasteiger partial charge in [0.25, 0.3) is 0 Å². The van der Waals surface area contributed by atoms with Gasteiger partial charge in [-0.05, 0) is 30.7 Å². The quantitative estimate of drug-likeness (QED) is 0.824. The number of benzene rings is 2. The molecule has 3 heteroatoms. The number of ether oxygens (including phenoxy) is 1. The lowest BCUT2D eigenvalue weighted by molar-refractivity contribution is 0.156. The first-order valence-electron chi connectivity index (χ1n) is 6.92. The van der Waals surface area contributed by atoms with Crippen molar-refractivity contribution in [2.24, 2.45) is 0 Å². The molecule has 2 aromatic carbocycles. The van der Waals surface area contributed by atoms with Crippen molar-refractivity contribution in [3.8, 4) is 5.75 Å². The largest absolute Gasteiger partial charge is 0.489 e. The summed E-state index contributed by atoms with van der Waals surface area (Å²) in [6, 6.07) is 16.4. The smallest absolute Gasteiger partial charge is 0.124 e. The summed E-state index contributed by atoms with van der Waals surface area (Å²) in [5, 5.41) is 0.784. The van der Waals surface area contributed by atoms with Crippen LogP contribution in [0.5, 0.6) is 5.75 Å². The van der Waals surface area contributed by atoms with Crippen LogP contribution in [-0.4, -0.2) is 17.5 Å². The van der Waals surface area contributed by atoms with Crippen molar-refractivity contribution in [1.82, 2.24) is 4.90 Å². The van der Waals surface area contributed by atoms with E-state index in [4.69, 9.17) is 16.3 Å². The van der Waals surface area contributed by atoms with Gasteiger partial charge in [0.1, 0.15) is 11.9 Å². The first-order valence-corrected chi connectivity index (χ1v) is 7.30. The monoisotopic (exact) mass is 287 g/mol. The molecule has 0 fully saturated rings. The van der Waals surface area contributed by atoms with Crippen LogP contribution in [0.25, 0.3) is 0 Å². The van der Waals surface area contributed by atoms with E-state index < -0.39 is 0 Å². The zero-order valence-corrected chi connectivity index (χ0v) is 12.3. The number of halogens is 1. The third kappa shape index (κ3) is 3.14. The zero-order chi connectivity index (χ0) is 13.9. The molecule has 104 valence electrons. The number of rotatable bonds is 2. The van der Waals surface area contributed by atoms with Crippen LogP contribution in [0.2, 0.25) is 5.02 Å². The predicted molar refractivity (Wildman–Crippen MR) is 82.1 cm³/mol. The topological polar surface area (TPSA) is 12.5 Å². The summed E-state index contributed by atoms with van der Waals surface area (Å²) in [6.07, 6.45) is 0.200. The molecular weight excluding hydrogens is 270 g/mol. The predicted octanol–water partition coefficient (Wildman–Crippen LogP) is 4.12. The van der Waals surface area contributed by atoms with Gasteiger partial charge in [-0.15, -0.1) is 0 Å². The first-order chi connectivity index (χ1) is 9.70. The van der Waals surface area contributed by atoms with E-state index in [0.29, 0.717) is 0 Å². The lowest BCUT2D eigenvalue weighted by Crippen LogP contribution is -2.30. The van der Waals surface area contributed by atoms with Crippen LogP contribution < -0.4 is 4.74 Å². The van der Waals surface area contributed by atoms with Gasteiger partial charge in [0.2, 0.25) is 0 Å². The van der Waals surface area contributed by atoms with E-state index in [9.17, 15) is 0 Å². The molecule has 1 heterocycles. The van der Waals surface area contributed by atoms with E-state index in [1.807, 2.05) is 18.2 Å². The Morgan fingerprint density at radius 1 is 1.15 bits per heavy atom. The molecule has 0 radical (unpaired) electrons. The highest BCUT2D eigenvalue weighted by Gasteiger charge is 2.19. The second-order valence-corrected chi connectivity index (χ2v) is 5.77. The van der Waals surface area contributed by atoms with Crippen molar-refractivity contribution in [3.63, 3.8) is 0 Å². The van der Waals surface area contributed by atoms with Gasteiger partial charge in [0.05, 0.1) is 0 Å². The molecule has 1 aliphatic rings. The third-order valence-corrected chi connectivity index (χ3v) is 3.78. The molecule has 1 atom stereocenters. The maximum atomic E-state index is 5.98. The summed E-state index contributed by atoms with van der Waals surface area (Å²) >= 11 is 5.94. The Labute approximate surface area is 124 Å². The van der Waals surface area contributed by atoms with Crippen molar-refractivity contribution in [2.45, 2.75) is 26.1 Å². The maximum absolute atomic E-state index is 5.98. The molecule has 0 saturated heterocycles. The van der Waals surface area contributed by atoms with Crippen LogP contribution in [0.4, 0.5) is 0 Å². The van der Waals surface area contributed by atoms with Gasteiger partial charge in [-0.25, -0.2) is 0 Å². The summed E-state index contributed by atoms with van der Waals surface area (Å²) < 4.78 is 5.98. The van der Waals surface area contributed by atoms with Gasteiger partial charge < -0.3 is 4.74 Å². The number of para-hydroxylation sites is 1. The van der Waals surface area contributed by atoms with Gasteiger partial charge >= 0.3 is 0 Å². The van der Waals surface area contributed by atoms with E-state index in [2.05, 4.69) is 42.2 Å². The van der Waals surface area contributed by atoms with E-state index >= 15 is 0 Å². The maximum Gasteiger partial charge on any atom is 0.124 e. The van der Waals surface area contributed by atoms with Crippen LogP contribution in [-0.2, 0) is 13.1 Å². The third-order valence-electron chi connectivity index (χ3n) is 3.53. The summed E-state index contributed by atoms with van der Waals surface area (Å²) in [6.45, 7) is 4.89. The highest BCUT2D eigenvalue weighted by Crippen LogP contribution is 2.25. The van der Waals surface area contributed by atoms with Gasteiger partial charge in [-0.3, -0.25) is 4.90 Å². The number of nitrogens with zero attached hydrogens (tertiary/aromatic N) is 1. The van der Waals surface area contributed by atoms with Gasteiger partial charge in [-0.2, -0.15) is 0 Å². The second-order valence-electron chi connectivity index (χ2n) is 5.33. The molecule has 1 aliphatic heterocycles. The van der Waals surface area contributed by atoms with Crippen LogP contribution in [0.15, 0.2) is 48.5 Å². The minimum Gasteiger partial charge on any atom is -0.489 e. The van der Waals surface area contributed by atoms with E-state index in [1.54, 1.807) is 0 Å². The van der Waals surface area contributed by atoms with Gasteiger partial charge in [0, 0.05) is 30.2 Å². The fourth-order valence-electron chi connectivity index (χ4n) is 2.64. The SMILES string of the molecule is C[C@@H]1CN(Cc2ccc(Cl)cc2)Cc2ccccc2O1. The van der Waals surface area contributed by atoms with E-state index in [-0.39, 0.29) is 6.10 Å². The number of hydrogen-bond donors (Lipinski definition) is 0. The fourth-order valence-corrected chi connectivity index (χ4v) is 2.77. The molecular formula is C17H18ClNO. The van der Waals surface area contributed by atoms with Crippen molar-refractivity contribution < 1.29 is 4.74 Å². The van der Waals surface area contributed by atoms with Crippen molar-refractivity contribution >= 4 is 11.6 Å². The fraction of sp³-hybridized carbons (Fsp3) is 0.294. The average molecular weight is 288 g/mol. The van der Waals surface area contributed by atoms with Crippen molar-refractivity contribution in [3.05, 3.63) is 64.7 Å². The van der Waals surface area contributed by atoms with Crippen molar-refractivity contribution in [1.29, 1.82) is 0 Å². The summed E-state index contributed by atoms with van der Waals surface area (Å²) in [5.41, 5.74) is 2.53. The molecule has 2 nitrogen and oxygen atoms in total. The molecule has 3 rings (SSSR count). The second kappa shape index (κ2) is 5.86. The number of fused-ring (bicyclic) bond motifs is 1. The Bertz CT molecular complexity index is 582. The molecule has 0 unspecified atom stereocenters. The Hall–Kier alpha value is -1.51. The van der Waals surface area contributed by atoms with Crippen LogP contribution >= 0.6 is 11.6 Å². The minimum atomic E-state index is 0.200. The molecule has 0 spiro atoms. The number of hydrogen-bond acceptors (Lipinski definition) is 2. The molecule has 2 aromatic rings. The Kier molecular flexibility index (Phi) is 3.95. The average Bonchev–Trinajstić information content (AvgIpc) is 2.58. The molecule has 0 saturated carbocycles. The lowest BCUT2D eigenvalue weighted by atomic mass is 10.1. The Morgan fingerprint density at radius 3 is 2.70 bits per heavy atom. The molecule has 0 amide bonds. The summed E-state index contributed by atoms with van der Waals surface area (Å²) in [4.78, 5) is 2.42. The van der Waals surface area contributed by atoms with Crippen LogP contribution in [0, 0.1) is 0 Å². The summed E-state index contributed by atoms with van der Waals surface area (Å²) in [7, 11) is 0. The van der Waals surface area contributed by atoms with Crippen molar-refractivity contribution in [2.75, 3.05) is 6.54 Å². The van der Waals surface area contributed by atoms with Crippen LogP contribution in [0.3, 0.4) is 0 Å². The molecule has 0 aliphatic carbocycles.